The molecule has 0 unspecified atom stereocenters. The zero-order chi connectivity index (χ0) is 19.7. The van der Waals surface area contributed by atoms with Crippen molar-refractivity contribution in [2.45, 2.75) is 19.1 Å². The Morgan fingerprint density at radius 1 is 1.07 bits per heavy atom. The maximum atomic E-state index is 9.25. The Bertz CT molecular complexity index is 855. The summed E-state index contributed by atoms with van der Waals surface area (Å²) in [5.74, 6) is 3.52. The minimum Gasteiger partial charge on any atom is -0.493 e. The van der Waals surface area contributed by atoms with Crippen LogP contribution in [0.4, 0.5) is 0 Å². The van der Waals surface area contributed by atoms with Crippen LogP contribution in [-0.2, 0) is 0 Å². The summed E-state index contributed by atoms with van der Waals surface area (Å²) in [4.78, 5) is 0. The van der Waals surface area contributed by atoms with Crippen molar-refractivity contribution < 1.29 is 28.8 Å². The van der Waals surface area contributed by atoms with E-state index in [1.807, 2.05) is 30.3 Å². The van der Waals surface area contributed by atoms with Crippen LogP contribution in [-0.4, -0.2) is 45.5 Å². The minimum absolute atomic E-state index is 0.0282. The molecule has 150 valence electrons. The molecule has 2 aromatic carbocycles. The smallest absolute Gasteiger partial charge is 0.231 e. The lowest BCUT2D eigenvalue weighted by molar-refractivity contribution is 0.0737. The maximum Gasteiger partial charge on any atom is 0.231 e. The fourth-order valence-electron chi connectivity index (χ4n) is 4.03. The highest BCUT2D eigenvalue weighted by Crippen LogP contribution is 2.51. The van der Waals surface area contributed by atoms with Gasteiger partial charge in [-0.05, 0) is 12.1 Å². The number of hydrogen-bond acceptors (Lipinski definition) is 7. The van der Waals surface area contributed by atoms with Gasteiger partial charge in [0.2, 0.25) is 6.79 Å². The zero-order valence-corrected chi connectivity index (χ0v) is 16.2. The summed E-state index contributed by atoms with van der Waals surface area (Å²) >= 11 is 0. The summed E-state index contributed by atoms with van der Waals surface area (Å²) < 4.78 is 28.6. The van der Waals surface area contributed by atoms with Crippen LogP contribution in [0.3, 0.4) is 0 Å². The number of fused-ring (bicyclic) bond motifs is 2. The molecule has 2 aromatic rings. The van der Waals surface area contributed by atoms with E-state index in [1.54, 1.807) is 14.2 Å². The molecule has 2 aliphatic rings. The van der Waals surface area contributed by atoms with Gasteiger partial charge in [-0.1, -0.05) is 19.1 Å². The molecule has 2 heterocycles. The first-order valence-electron chi connectivity index (χ1n) is 9.33. The predicted molar refractivity (Wildman–Crippen MR) is 103 cm³/mol. The van der Waals surface area contributed by atoms with Crippen molar-refractivity contribution >= 4 is 0 Å². The SMILES string of the molecule is COc1cccc([C@H]2c3cc4c(cc3O[C@H](NCCO)[C@H]2C)OCO4)c1OC. The van der Waals surface area contributed by atoms with Gasteiger partial charge in [-0.25, -0.2) is 0 Å². The highest BCUT2D eigenvalue weighted by atomic mass is 16.7. The van der Waals surface area contributed by atoms with Gasteiger partial charge in [0.1, 0.15) is 5.75 Å². The number of aliphatic hydroxyl groups excluding tert-OH is 1. The second kappa shape index (κ2) is 7.77. The summed E-state index contributed by atoms with van der Waals surface area (Å²) in [6.45, 7) is 2.80. The number of rotatable bonds is 6. The number of methoxy groups -OCH3 is 2. The van der Waals surface area contributed by atoms with Gasteiger partial charge in [0, 0.05) is 35.6 Å². The molecule has 0 spiro atoms. The third-order valence-corrected chi connectivity index (χ3v) is 5.32. The van der Waals surface area contributed by atoms with Crippen LogP contribution in [0.25, 0.3) is 0 Å². The average molecular weight is 387 g/mol. The molecule has 7 nitrogen and oxygen atoms in total. The highest BCUT2D eigenvalue weighted by molar-refractivity contribution is 5.59. The van der Waals surface area contributed by atoms with Crippen molar-refractivity contribution in [2.24, 2.45) is 5.92 Å². The quantitative estimate of drug-likeness (QED) is 0.788. The Labute approximate surface area is 164 Å². The fourth-order valence-corrected chi connectivity index (χ4v) is 4.03. The second-order valence-electron chi connectivity index (χ2n) is 6.88. The van der Waals surface area contributed by atoms with Crippen molar-refractivity contribution in [2.75, 3.05) is 34.2 Å². The highest BCUT2D eigenvalue weighted by Gasteiger charge is 2.39. The first kappa shape index (κ1) is 18.7. The normalized spacial score (nSPS) is 22.4. The number of hydrogen-bond donors (Lipinski definition) is 2. The van der Waals surface area contributed by atoms with Crippen molar-refractivity contribution in [3.8, 4) is 28.7 Å². The van der Waals surface area contributed by atoms with Crippen molar-refractivity contribution in [3.05, 3.63) is 41.5 Å². The summed E-state index contributed by atoms with van der Waals surface area (Å²) in [6, 6.07) is 9.75. The van der Waals surface area contributed by atoms with E-state index in [0.29, 0.717) is 29.5 Å². The molecular weight excluding hydrogens is 362 g/mol. The molecule has 0 aromatic heterocycles. The van der Waals surface area contributed by atoms with E-state index in [-0.39, 0.29) is 31.5 Å². The Hall–Kier alpha value is -2.64. The summed E-state index contributed by atoms with van der Waals surface area (Å²) in [6.07, 6.45) is -0.277. The number of benzene rings is 2. The van der Waals surface area contributed by atoms with E-state index in [4.69, 9.17) is 23.7 Å². The molecule has 2 aliphatic heterocycles. The van der Waals surface area contributed by atoms with Gasteiger partial charge in [0.05, 0.1) is 20.8 Å². The van der Waals surface area contributed by atoms with Gasteiger partial charge in [-0.15, -0.1) is 0 Å². The van der Waals surface area contributed by atoms with Gasteiger partial charge in [-0.2, -0.15) is 0 Å². The van der Waals surface area contributed by atoms with Gasteiger partial charge in [0.25, 0.3) is 0 Å². The molecule has 4 rings (SSSR count). The van der Waals surface area contributed by atoms with Crippen LogP contribution in [0.5, 0.6) is 28.7 Å². The molecule has 2 N–H and O–H groups in total. The van der Waals surface area contributed by atoms with E-state index in [9.17, 15) is 5.11 Å². The van der Waals surface area contributed by atoms with E-state index in [2.05, 4.69) is 12.2 Å². The van der Waals surface area contributed by atoms with Crippen molar-refractivity contribution in [3.63, 3.8) is 0 Å². The number of aliphatic hydroxyl groups is 1. The average Bonchev–Trinajstić information content (AvgIpc) is 3.17. The Morgan fingerprint density at radius 3 is 2.57 bits per heavy atom. The molecule has 0 saturated heterocycles. The molecule has 0 aliphatic carbocycles. The van der Waals surface area contributed by atoms with Gasteiger partial charge in [-0.3, -0.25) is 5.32 Å². The molecule has 7 heteroatoms. The molecule has 0 fully saturated rings. The van der Waals surface area contributed by atoms with E-state index in [0.717, 1.165) is 16.9 Å². The Kier molecular flexibility index (Phi) is 5.19. The van der Waals surface area contributed by atoms with Crippen LogP contribution in [0.15, 0.2) is 30.3 Å². The number of para-hydroxylation sites is 1. The first-order valence-corrected chi connectivity index (χ1v) is 9.33. The van der Waals surface area contributed by atoms with E-state index in [1.165, 1.54) is 0 Å². The van der Waals surface area contributed by atoms with Gasteiger partial charge >= 0.3 is 0 Å². The minimum atomic E-state index is -0.277. The lowest BCUT2D eigenvalue weighted by atomic mass is 9.78. The summed E-state index contributed by atoms with van der Waals surface area (Å²) in [7, 11) is 3.28. The molecule has 3 atom stereocenters. The lowest BCUT2D eigenvalue weighted by Gasteiger charge is -2.39. The maximum absolute atomic E-state index is 9.25. The van der Waals surface area contributed by atoms with Crippen LogP contribution < -0.4 is 29.0 Å². The van der Waals surface area contributed by atoms with E-state index >= 15 is 0 Å². The molecular formula is C21H25NO6. The summed E-state index contributed by atoms with van der Waals surface area (Å²) in [5.41, 5.74) is 2.01. The molecule has 0 amide bonds. The third kappa shape index (κ3) is 3.10. The Balaban J connectivity index is 1.85. The predicted octanol–water partition coefficient (Wildman–Crippen LogP) is 2.50. The number of ether oxygens (including phenoxy) is 5. The van der Waals surface area contributed by atoms with Crippen LogP contribution in [0.2, 0.25) is 0 Å². The zero-order valence-electron chi connectivity index (χ0n) is 16.2. The third-order valence-electron chi connectivity index (χ3n) is 5.32. The number of nitrogens with one attached hydrogen (secondary N) is 1. The first-order chi connectivity index (χ1) is 13.7. The van der Waals surface area contributed by atoms with Crippen molar-refractivity contribution in [1.82, 2.24) is 5.32 Å². The molecule has 0 bridgehead atoms. The van der Waals surface area contributed by atoms with Crippen LogP contribution in [0, 0.1) is 5.92 Å². The molecule has 28 heavy (non-hydrogen) atoms. The Morgan fingerprint density at radius 2 is 1.86 bits per heavy atom. The monoisotopic (exact) mass is 387 g/mol. The largest absolute Gasteiger partial charge is 0.493 e. The van der Waals surface area contributed by atoms with E-state index < -0.39 is 0 Å². The van der Waals surface area contributed by atoms with Gasteiger partial charge in [0.15, 0.2) is 29.2 Å². The molecule has 0 radical (unpaired) electrons. The molecule has 0 saturated carbocycles. The van der Waals surface area contributed by atoms with Crippen molar-refractivity contribution in [1.29, 1.82) is 0 Å². The standard InChI is InChI=1S/C21H25NO6/c1-12-19(13-5-4-6-15(24-2)20(13)25-3)14-9-17-18(27-11-26-17)10-16(14)28-21(12)22-7-8-23/h4-6,9-10,12,19,21-23H,7-8,11H2,1-3H3/t12-,19-,21-/m0/s1. The summed E-state index contributed by atoms with van der Waals surface area (Å²) in [5, 5.41) is 12.5. The van der Waals surface area contributed by atoms with Gasteiger partial charge < -0.3 is 28.8 Å². The van der Waals surface area contributed by atoms with Crippen LogP contribution >= 0.6 is 0 Å². The van der Waals surface area contributed by atoms with Crippen LogP contribution in [0.1, 0.15) is 24.0 Å². The topological polar surface area (TPSA) is 78.4 Å². The second-order valence-corrected chi connectivity index (χ2v) is 6.88. The lowest BCUT2D eigenvalue weighted by Crippen LogP contribution is -2.46. The fraction of sp³-hybridized carbons (Fsp3) is 0.429.